The second-order valence-corrected chi connectivity index (χ2v) is 3.55. The standard InChI is InChI=1S/C12H10O5/c13-9-4-2-1-3-7(9)5-8-6-17-12(16)11(15)10(8)14/h1-4,6,13,15-16H,5H2. The summed E-state index contributed by atoms with van der Waals surface area (Å²) in [5.74, 6) is -1.58. The lowest BCUT2D eigenvalue weighted by molar-refractivity contribution is 0.286. The number of hydrogen-bond acceptors (Lipinski definition) is 5. The van der Waals surface area contributed by atoms with Crippen LogP contribution in [0.5, 0.6) is 17.4 Å². The van der Waals surface area contributed by atoms with Crippen LogP contribution >= 0.6 is 0 Å². The van der Waals surface area contributed by atoms with Crippen LogP contribution in [0.25, 0.3) is 0 Å². The maximum absolute atomic E-state index is 11.6. The van der Waals surface area contributed by atoms with Gasteiger partial charge in [-0.3, -0.25) is 4.79 Å². The average molecular weight is 234 g/mol. The number of aromatic hydroxyl groups is 3. The molecule has 5 heteroatoms. The molecule has 0 spiro atoms. The third-order valence-electron chi connectivity index (χ3n) is 2.39. The molecule has 1 aromatic carbocycles. The summed E-state index contributed by atoms with van der Waals surface area (Å²) in [5.41, 5.74) is -0.0244. The third-order valence-corrected chi connectivity index (χ3v) is 2.39. The van der Waals surface area contributed by atoms with E-state index in [1.54, 1.807) is 18.2 Å². The van der Waals surface area contributed by atoms with Crippen LogP contribution in [0.2, 0.25) is 0 Å². The molecule has 0 aliphatic carbocycles. The van der Waals surface area contributed by atoms with Gasteiger partial charge in [0.25, 0.3) is 0 Å². The molecule has 2 rings (SSSR count). The van der Waals surface area contributed by atoms with Crippen molar-refractivity contribution in [2.75, 3.05) is 0 Å². The Balaban J connectivity index is 2.41. The van der Waals surface area contributed by atoms with Crippen molar-refractivity contribution < 1.29 is 19.7 Å². The van der Waals surface area contributed by atoms with Crippen molar-refractivity contribution in [2.24, 2.45) is 0 Å². The molecule has 17 heavy (non-hydrogen) atoms. The highest BCUT2D eigenvalue weighted by molar-refractivity contribution is 5.38. The van der Waals surface area contributed by atoms with Crippen LogP contribution in [-0.4, -0.2) is 15.3 Å². The van der Waals surface area contributed by atoms with Crippen LogP contribution in [0.3, 0.4) is 0 Å². The molecule has 3 N–H and O–H groups in total. The molecule has 0 unspecified atom stereocenters. The molecule has 0 saturated heterocycles. The molecule has 88 valence electrons. The molecular weight excluding hydrogens is 224 g/mol. The number of para-hydroxylation sites is 1. The van der Waals surface area contributed by atoms with Gasteiger partial charge in [0.05, 0.1) is 0 Å². The number of rotatable bonds is 2. The summed E-state index contributed by atoms with van der Waals surface area (Å²) in [5, 5.41) is 27.7. The fourth-order valence-electron chi connectivity index (χ4n) is 1.47. The second-order valence-electron chi connectivity index (χ2n) is 3.55. The van der Waals surface area contributed by atoms with Gasteiger partial charge in [-0.1, -0.05) is 18.2 Å². The first-order valence-electron chi connectivity index (χ1n) is 4.89. The number of hydrogen-bond donors (Lipinski definition) is 3. The van der Waals surface area contributed by atoms with Gasteiger partial charge in [0.1, 0.15) is 12.0 Å². The van der Waals surface area contributed by atoms with Gasteiger partial charge >= 0.3 is 5.95 Å². The van der Waals surface area contributed by atoms with E-state index >= 15 is 0 Å². The Morgan fingerprint density at radius 3 is 2.47 bits per heavy atom. The van der Waals surface area contributed by atoms with Crippen molar-refractivity contribution in [1.82, 2.24) is 0 Å². The summed E-state index contributed by atoms with van der Waals surface area (Å²) in [7, 11) is 0. The minimum absolute atomic E-state index is 0.0551. The molecule has 0 atom stereocenters. The molecule has 0 amide bonds. The average Bonchev–Trinajstić information content (AvgIpc) is 2.32. The first kappa shape index (κ1) is 11.1. The molecule has 2 aromatic rings. The van der Waals surface area contributed by atoms with Crippen molar-refractivity contribution in [2.45, 2.75) is 6.42 Å². The van der Waals surface area contributed by atoms with Crippen LogP contribution < -0.4 is 5.43 Å². The molecule has 0 radical (unpaired) electrons. The summed E-state index contributed by atoms with van der Waals surface area (Å²) >= 11 is 0. The predicted octanol–water partition coefficient (Wildman–Crippen LogP) is 1.35. The first-order chi connectivity index (χ1) is 8.09. The summed E-state index contributed by atoms with van der Waals surface area (Å²) < 4.78 is 4.61. The highest BCUT2D eigenvalue weighted by Gasteiger charge is 2.13. The van der Waals surface area contributed by atoms with Crippen LogP contribution in [0.4, 0.5) is 0 Å². The van der Waals surface area contributed by atoms with Gasteiger partial charge in [0, 0.05) is 12.0 Å². The number of benzene rings is 1. The lowest BCUT2D eigenvalue weighted by Gasteiger charge is -2.04. The third kappa shape index (κ3) is 2.08. The van der Waals surface area contributed by atoms with E-state index in [4.69, 9.17) is 5.11 Å². The molecular formula is C12H10O5. The van der Waals surface area contributed by atoms with E-state index in [2.05, 4.69) is 4.42 Å². The monoisotopic (exact) mass is 234 g/mol. The van der Waals surface area contributed by atoms with Crippen molar-refractivity contribution in [3.05, 3.63) is 51.9 Å². The molecule has 0 bridgehead atoms. The topological polar surface area (TPSA) is 90.9 Å². The van der Waals surface area contributed by atoms with Gasteiger partial charge in [-0.2, -0.15) is 0 Å². The summed E-state index contributed by atoms with van der Waals surface area (Å²) in [6.45, 7) is 0. The van der Waals surface area contributed by atoms with Crippen molar-refractivity contribution in [3.63, 3.8) is 0 Å². The molecule has 0 aliphatic heterocycles. The van der Waals surface area contributed by atoms with Crippen molar-refractivity contribution in [3.8, 4) is 17.4 Å². The van der Waals surface area contributed by atoms with Gasteiger partial charge in [-0.05, 0) is 11.6 Å². The smallest absolute Gasteiger partial charge is 0.330 e. The van der Waals surface area contributed by atoms with Crippen LogP contribution in [0.15, 0.2) is 39.7 Å². The van der Waals surface area contributed by atoms with E-state index in [9.17, 15) is 15.0 Å². The minimum Gasteiger partial charge on any atom is -0.508 e. The van der Waals surface area contributed by atoms with Gasteiger partial charge in [-0.25, -0.2) is 0 Å². The lowest BCUT2D eigenvalue weighted by Crippen LogP contribution is -2.08. The van der Waals surface area contributed by atoms with Gasteiger partial charge in [0.2, 0.25) is 11.2 Å². The first-order valence-corrected chi connectivity index (χ1v) is 4.89. The lowest BCUT2D eigenvalue weighted by atomic mass is 10.1. The van der Waals surface area contributed by atoms with E-state index < -0.39 is 17.1 Å². The second kappa shape index (κ2) is 4.21. The Bertz CT molecular complexity index is 600. The van der Waals surface area contributed by atoms with Gasteiger partial charge in [0.15, 0.2) is 0 Å². The molecule has 5 nitrogen and oxygen atoms in total. The molecule has 0 saturated carbocycles. The summed E-state index contributed by atoms with van der Waals surface area (Å²) in [4.78, 5) is 11.6. The largest absolute Gasteiger partial charge is 0.508 e. The molecule has 1 aromatic heterocycles. The summed E-state index contributed by atoms with van der Waals surface area (Å²) in [6.07, 6.45) is 1.17. The van der Waals surface area contributed by atoms with Gasteiger partial charge in [-0.15, -0.1) is 0 Å². The van der Waals surface area contributed by atoms with Gasteiger partial charge < -0.3 is 19.7 Å². The van der Waals surface area contributed by atoms with E-state index in [1.165, 1.54) is 6.07 Å². The quantitative estimate of drug-likeness (QED) is 0.729. The fraction of sp³-hybridized carbons (Fsp3) is 0.0833. The molecule has 1 heterocycles. The zero-order chi connectivity index (χ0) is 12.4. The highest BCUT2D eigenvalue weighted by Crippen LogP contribution is 2.23. The van der Waals surface area contributed by atoms with E-state index in [0.717, 1.165) is 6.26 Å². The predicted molar refractivity (Wildman–Crippen MR) is 59.2 cm³/mol. The van der Waals surface area contributed by atoms with Crippen LogP contribution in [0, 0.1) is 0 Å². The van der Waals surface area contributed by atoms with Crippen molar-refractivity contribution >= 4 is 0 Å². The minimum atomic E-state index is -0.821. The van der Waals surface area contributed by atoms with E-state index in [-0.39, 0.29) is 17.7 Å². The highest BCUT2D eigenvalue weighted by atomic mass is 16.5. The van der Waals surface area contributed by atoms with Crippen molar-refractivity contribution in [1.29, 1.82) is 0 Å². The SMILES string of the molecule is O=c1c(Cc2ccccc2O)coc(O)c1O. The zero-order valence-electron chi connectivity index (χ0n) is 8.75. The Hall–Kier alpha value is -2.43. The fourth-order valence-corrected chi connectivity index (χ4v) is 1.47. The van der Waals surface area contributed by atoms with Crippen LogP contribution in [0.1, 0.15) is 11.1 Å². The molecule has 0 aliphatic rings. The Labute approximate surface area is 96.2 Å². The number of phenols is 1. The number of phenolic OH excluding ortho intramolecular Hbond substituents is 1. The Morgan fingerprint density at radius 1 is 1.06 bits per heavy atom. The normalized spacial score (nSPS) is 10.4. The Morgan fingerprint density at radius 2 is 1.76 bits per heavy atom. The van der Waals surface area contributed by atoms with E-state index in [1.807, 2.05) is 0 Å². The summed E-state index contributed by atoms with van der Waals surface area (Å²) in [6, 6.07) is 6.53. The van der Waals surface area contributed by atoms with Crippen LogP contribution in [-0.2, 0) is 6.42 Å². The van der Waals surface area contributed by atoms with E-state index in [0.29, 0.717) is 5.56 Å². The maximum atomic E-state index is 11.6. The maximum Gasteiger partial charge on any atom is 0.330 e. The zero-order valence-corrected chi connectivity index (χ0v) is 8.75. The molecule has 0 fully saturated rings. The Kier molecular flexibility index (Phi) is 2.74.